The summed E-state index contributed by atoms with van der Waals surface area (Å²) in [6.45, 7) is 5.08. The van der Waals surface area contributed by atoms with Crippen LogP contribution in [0.3, 0.4) is 0 Å². The Labute approximate surface area is 87.9 Å². The van der Waals surface area contributed by atoms with Crippen molar-refractivity contribution in [2.45, 2.75) is 58.5 Å². The first-order valence-corrected chi connectivity index (χ1v) is 6.02. The highest BCUT2D eigenvalue weighted by molar-refractivity contribution is 4.91. The van der Waals surface area contributed by atoms with Gasteiger partial charge in [-0.1, -0.05) is 33.1 Å². The van der Waals surface area contributed by atoms with E-state index in [1.807, 2.05) is 0 Å². The van der Waals surface area contributed by atoms with Gasteiger partial charge >= 0.3 is 0 Å². The van der Waals surface area contributed by atoms with Gasteiger partial charge in [0.1, 0.15) is 0 Å². The van der Waals surface area contributed by atoms with Gasteiger partial charge in [0.25, 0.3) is 0 Å². The van der Waals surface area contributed by atoms with E-state index in [9.17, 15) is 5.11 Å². The first kappa shape index (κ1) is 12.0. The molecule has 0 aromatic heterocycles. The topological polar surface area (TPSA) is 46.2 Å². The van der Waals surface area contributed by atoms with Crippen molar-refractivity contribution in [3.05, 3.63) is 0 Å². The smallest absolute Gasteiger partial charge is 0.0608 e. The molecule has 14 heavy (non-hydrogen) atoms. The van der Waals surface area contributed by atoms with Crippen LogP contribution >= 0.6 is 0 Å². The van der Waals surface area contributed by atoms with E-state index in [4.69, 9.17) is 5.73 Å². The molecule has 0 radical (unpaired) electrons. The van der Waals surface area contributed by atoms with Gasteiger partial charge in [0, 0.05) is 12.0 Å². The minimum Gasteiger partial charge on any atom is -0.393 e. The molecule has 1 unspecified atom stereocenters. The molecular formula is C12H25NO. The maximum Gasteiger partial charge on any atom is 0.0608 e. The zero-order chi connectivity index (χ0) is 10.6. The Balaban J connectivity index is 2.57. The lowest BCUT2D eigenvalue weighted by Crippen LogP contribution is -2.44. The Morgan fingerprint density at radius 2 is 2.00 bits per heavy atom. The SMILES string of the molecule is CCCC(O)C1(CN)CCC(C)CC1. The highest BCUT2D eigenvalue weighted by Crippen LogP contribution is 2.41. The van der Waals surface area contributed by atoms with Gasteiger partial charge in [-0.2, -0.15) is 0 Å². The third kappa shape index (κ3) is 2.48. The van der Waals surface area contributed by atoms with Crippen molar-refractivity contribution >= 4 is 0 Å². The highest BCUT2D eigenvalue weighted by atomic mass is 16.3. The van der Waals surface area contributed by atoms with E-state index in [-0.39, 0.29) is 11.5 Å². The van der Waals surface area contributed by atoms with Crippen LogP contribution < -0.4 is 5.73 Å². The molecule has 2 heteroatoms. The average molecular weight is 199 g/mol. The molecule has 1 atom stereocenters. The van der Waals surface area contributed by atoms with Crippen LogP contribution in [0.15, 0.2) is 0 Å². The van der Waals surface area contributed by atoms with Gasteiger partial charge in [0.2, 0.25) is 0 Å². The molecule has 0 aromatic rings. The van der Waals surface area contributed by atoms with Crippen molar-refractivity contribution in [2.24, 2.45) is 17.1 Å². The van der Waals surface area contributed by atoms with E-state index in [1.165, 1.54) is 12.8 Å². The number of aliphatic hydroxyl groups is 1. The summed E-state index contributed by atoms with van der Waals surface area (Å²) in [5, 5.41) is 10.1. The molecule has 0 saturated heterocycles. The standard InChI is InChI=1S/C12H25NO/c1-3-4-11(14)12(9-13)7-5-10(2)6-8-12/h10-11,14H,3-9,13H2,1-2H3. The van der Waals surface area contributed by atoms with Crippen LogP contribution in [0.5, 0.6) is 0 Å². The summed E-state index contributed by atoms with van der Waals surface area (Å²) in [4.78, 5) is 0. The summed E-state index contributed by atoms with van der Waals surface area (Å²) in [6, 6.07) is 0. The Hall–Kier alpha value is -0.0800. The first-order valence-electron chi connectivity index (χ1n) is 6.02. The number of hydrogen-bond donors (Lipinski definition) is 2. The first-order chi connectivity index (χ1) is 6.64. The number of hydrogen-bond acceptors (Lipinski definition) is 2. The molecule has 0 amide bonds. The lowest BCUT2D eigenvalue weighted by Gasteiger charge is -2.42. The van der Waals surface area contributed by atoms with E-state index in [1.54, 1.807) is 0 Å². The summed E-state index contributed by atoms with van der Waals surface area (Å²) in [7, 11) is 0. The summed E-state index contributed by atoms with van der Waals surface area (Å²) in [6.07, 6.45) is 6.49. The van der Waals surface area contributed by atoms with Crippen molar-refractivity contribution in [3.63, 3.8) is 0 Å². The highest BCUT2D eigenvalue weighted by Gasteiger charge is 2.38. The molecule has 84 valence electrons. The molecule has 3 N–H and O–H groups in total. The second-order valence-corrected chi connectivity index (χ2v) is 5.05. The average Bonchev–Trinajstić information content (AvgIpc) is 2.20. The summed E-state index contributed by atoms with van der Waals surface area (Å²) < 4.78 is 0. The quantitative estimate of drug-likeness (QED) is 0.730. The molecule has 0 aliphatic heterocycles. The van der Waals surface area contributed by atoms with E-state index in [2.05, 4.69) is 13.8 Å². The molecule has 1 aliphatic rings. The molecule has 2 nitrogen and oxygen atoms in total. The zero-order valence-electron chi connectivity index (χ0n) is 9.63. The van der Waals surface area contributed by atoms with Gasteiger partial charge in [-0.25, -0.2) is 0 Å². The van der Waals surface area contributed by atoms with Gasteiger partial charge in [-0.05, 0) is 25.2 Å². The summed E-state index contributed by atoms with van der Waals surface area (Å²) >= 11 is 0. The van der Waals surface area contributed by atoms with Crippen LogP contribution in [0.25, 0.3) is 0 Å². The second kappa shape index (κ2) is 5.13. The van der Waals surface area contributed by atoms with Crippen molar-refractivity contribution in [1.82, 2.24) is 0 Å². The van der Waals surface area contributed by atoms with Crippen molar-refractivity contribution in [1.29, 1.82) is 0 Å². The molecule has 0 heterocycles. The zero-order valence-corrected chi connectivity index (χ0v) is 9.63. The third-order valence-corrected chi connectivity index (χ3v) is 3.95. The molecule has 0 aromatic carbocycles. The molecule has 0 spiro atoms. The Morgan fingerprint density at radius 1 is 1.43 bits per heavy atom. The molecule has 1 aliphatic carbocycles. The van der Waals surface area contributed by atoms with E-state index in [0.717, 1.165) is 31.6 Å². The monoisotopic (exact) mass is 199 g/mol. The molecule has 1 fully saturated rings. The maximum absolute atomic E-state index is 10.1. The van der Waals surface area contributed by atoms with E-state index in [0.29, 0.717) is 6.54 Å². The molecule has 0 bridgehead atoms. The van der Waals surface area contributed by atoms with Crippen LogP contribution in [0, 0.1) is 11.3 Å². The fourth-order valence-corrected chi connectivity index (χ4v) is 2.59. The molecule has 1 saturated carbocycles. The fraction of sp³-hybridized carbons (Fsp3) is 1.00. The van der Waals surface area contributed by atoms with E-state index < -0.39 is 0 Å². The normalized spacial score (nSPS) is 35.6. The minimum absolute atomic E-state index is 0.0442. The molecule has 1 rings (SSSR count). The Bertz CT molecular complexity index is 162. The van der Waals surface area contributed by atoms with Gasteiger partial charge in [-0.15, -0.1) is 0 Å². The third-order valence-electron chi connectivity index (χ3n) is 3.95. The van der Waals surface area contributed by atoms with E-state index >= 15 is 0 Å². The molecular weight excluding hydrogens is 174 g/mol. The number of nitrogens with two attached hydrogens (primary N) is 1. The largest absolute Gasteiger partial charge is 0.393 e. The number of aliphatic hydroxyl groups excluding tert-OH is 1. The Morgan fingerprint density at radius 3 is 2.43 bits per heavy atom. The summed E-state index contributed by atoms with van der Waals surface area (Å²) in [5.41, 5.74) is 5.90. The predicted molar refractivity (Wildman–Crippen MR) is 60.0 cm³/mol. The van der Waals surface area contributed by atoms with Crippen LogP contribution in [0.1, 0.15) is 52.4 Å². The van der Waals surface area contributed by atoms with Crippen LogP contribution in [0.4, 0.5) is 0 Å². The van der Waals surface area contributed by atoms with Crippen LogP contribution in [0.2, 0.25) is 0 Å². The Kier molecular flexibility index (Phi) is 4.39. The van der Waals surface area contributed by atoms with Gasteiger partial charge in [-0.3, -0.25) is 0 Å². The lowest BCUT2D eigenvalue weighted by molar-refractivity contribution is -0.0116. The summed E-state index contributed by atoms with van der Waals surface area (Å²) in [5.74, 6) is 0.823. The van der Waals surface area contributed by atoms with Crippen molar-refractivity contribution in [2.75, 3.05) is 6.54 Å². The van der Waals surface area contributed by atoms with Gasteiger partial charge < -0.3 is 10.8 Å². The minimum atomic E-state index is -0.176. The van der Waals surface area contributed by atoms with Crippen LogP contribution in [-0.2, 0) is 0 Å². The second-order valence-electron chi connectivity index (χ2n) is 5.05. The van der Waals surface area contributed by atoms with Crippen molar-refractivity contribution in [3.8, 4) is 0 Å². The van der Waals surface area contributed by atoms with Gasteiger partial charge in [0.05, 0.1) is 6.10 Å². The fourth-order valence-electron chi connectivity index (χ4n) is 2.59. The lowest BCUT2D eigenvalue weighted by atomic mass is 9.67. The number of rotatable bonds is 4. The van der Waals surface area contributed by atoms with Gasteiger partial charge in [0.15, 0.2) is 0 Å². The maximum atomic E-state index is 10.1. The van der Waals surface area contributed by atoms with Crippen LogP contribution in [-0.4, -0.2) is 17.8 Å². The predicted octanol–water partition coefficient (Wildman–Crippen LogP) is 2.30. The van der Waals surface area contributed by atoms with Crippen molar-refractivity contribution < 1.29 is 5.11 Å².